The van der Waals surface area contributed by atoms with Crippen LogP contribution in [0.2, 0.25) is 0 Å². The monoisotopic (exact) mass is 339 g/mol. The van der Waals surface area contributed by atoms with Crippen molar-refractivity contribution in [1.82, 2.24) is 4.72 Å². The third kappa shape index (κ3) is 3.50. The van der Waals surface area contributed by atoms with Gasteiger partial charge in [-0.05, 0) is 40.5 Å². The number of rotatable bonds is 5. The molecule has 1 atom stereocenters. The highest BCUT2D eigenvalue weighted by atomic mass is 79.9. The maximum Gasteiger partial charge on any atom is 0.321 e. The zero-order valence-corrected chi connectivity index (χ0v) is 11.8. The largest absolute Gasteiger partial charge is 0.480 e. The molecular formula is C10H11BrFNO4S. The number of hydrogen-bond donors (Lipinski definition) is 2. The number of carboxylic acid groups (broad SMARTS) is 1. The molecule has 0 radical (unpaired) electrons. The highest BCUT2D eigenvalue weighted by Gasteiger charge is 2.25. The fourth-order valence-corrected chi connectivity index (χ4v) is 3.57. The average molecular weight is 340 g/mol. The van der Waals surface area contributed by atoms with E-state index in [0.29, 0.717) is 0 Å². The Labute approximate surface area is 112 Å². The van der Waals surface area contributed by atoms with Gasteiger partial charge in [0.1, 0.15) is 11.9 Å². The van der Waals surface area contributed by atoms with Crippen molar-refractivity contribution >= 4 is 31.9 Å². The topological polar surface area (TPSA) is 83.5 Å². The summed E-state index contributed by atoms with van der Waals surface area (Å²) in [6.07, 6.45) is 0.105. The van der Waals surface area contributed by atoms with E-state index in [1.54, 1.807) is 6.92 Å². The third-order valence-electron chi connectivity index (χ3n) is 2.19. The Bertz CT molecular complexity index is 561. The van der Waals surface area contributed by atoms with Crippen LogP contribution in [0.4, 0.5) is 4.39 Å². The van der Waals surface area contributed by atoms with Gasteiger partial charge in [0.15, 0.2) is 0 Å². The van der Waals surface area contributed by atoms with Gasteiger partial charge in [-0.1, -0.05) is 6.92 Å². The molecule has 0 aromatic heterocycles. The molecule has 18 heavy (non-hydrogen) atoms. The Balaban J connectivity index is 3.10. The fourth-order valence-electron chi connectivity index (χ4n) is 1.25. The molecule has 0 bridgehead atoms. The summed E-state index contributed by atoms with van der Waals surface area (Å²) in [5, 5.41) is 8.80. The van der Waals surface area contributed by atoms with Crippen LogP contribution >= 0.6 is 15.9 Å². The molecule has 0 heterocycles. The van der Waals surface area contributed by atoms with Crippen LogP contribution < -0.4 is 4.72 Å². The number of sulfonamides is 1. The fraction of sp³-hybridized carbons (Fsp3) is 0.300. The molecule has 1 rings (SSSR count). The van der Waals surface area contributed by atoms with Crippen LogP contribution in [0, 0.1) is 5.82 Å². The van der Waals surface area contributed by atoms with Gasteiger partial charge in [0.05, 0.1) is 4.90 Å². The molecule has 0 saturated heterocycles. The standard InChI is InChI=1S/C10H11BrFNO4S/c1-2-8(10(14)15)13-18(16,17)9-4-3-6(12)5-7(9)11/h3-5,8,13H,2H2,1H3,(H,14,15)/t8-/m0/s1. The summed E-state index contributed by atoms with van der Waals surface area (Å²) >= 11 is 2.93. The first-order chi connectivity index (χ1) is 8.27. The number of nitrogens with one attached hydrogen (secondary N) is 1. The van der Waals surface area contributed by atoms with E-state index in [1.807, 2.05) is 4.72 Å². The molecule has 100 valence electrons. The molecule has 5 nitrogen and oxygen atoms in total. The number of halogens is 2. The second-order valence-corrected chi connectivity index (χ2v) is 6.03. The van der Waals surface area contributed by atoms with E-state index in [9.17, 15) is 17.6 Å². The average Bonchev–Trinajstić information content (AvgIpc) is 2.24. The van der Waals surface area contributed by atoms with Crippen LogP contribution in [-0.2, 0) is 14.8 Å². The lowest BCUT2D eigenvalue weighted by Gasteiger charge is -2.13. The van der Waals surface area contributed by atoms with Crippen LogP contribution in [0.15, 0.2) is 27.6 Å². The Morgan fingerprint density at radius 3 is 2.61 bits per heavy atom. The summed E-state index contributed by atoms with van der Waals surface area (Å²) in [6.45, 7) is 1.54. The predicted octanol–water partition coefficient (Wildman–Crippen LogP) is 1.73. The summed E-state index contributed by atoms with van der Waals surface area (Å²) < 4.78 is 38.8. The second-order valence-electron chi connectivity index (χ2n) is 3.50. The zero-order chi connectivity index (χ0) is 13.9. The van der Waals surface area contributed by atoms with Crippen molar-refractivity contribution in [2.24, 2.45) is 0 Å². The molecule has 1 aromatic carbocycles. The van der Waals surface area contributed by atoms with Crippen molar-refractivity contribution in [3.63, 3.8) is 0 Å². The maximum atomic E-state index is 12.9. The molecule has 0 aliphatic rings. The molecule has 0 aliphatic heterocycles. The Hall–Kier alpha value is -0.990. The van der Waals surface area contributed by atoms with Crippen molar-refractivity contribution < 1.29 is 22.7 Å². The van der Waals surface area contributed by atoms with Gasteiger partial charge in [-0.3, -0.25) is 4.79 Å². The van der Waals surface area contributed by atoms with E-state index in [1.165, 1.54) is 0 Å². The van der Waals surface area contributed by atoms with Gasteiger partial charge < -0.3 is 5.11 Å². The lowest BCUT2D eigenvalue weighted by molar-refractivity contribution is -0.139. The first kappa shape index (κ1) is 15.1. The van der Waals surface area contributed by atoms with E-state index < -0.39 is 27.9 Å². The van der Waals surface area contributed by atoms with Crippen molar-refractivity contribution in [2.75, 3.05) is 0 Å². The number of carboxylic acids is 1. The SMILES string of the molecule is CC[C@H](NS(=O)(=O)c1ccc(F)cc1Br)C(=O)O. The normalized spacial score (nSPS) is 13.3. The lowest BCUT2D eigenvalue weighted by Crippen LogP contribution is -2.40. The van der Waals surface area contributed by atoms with E-state index >= 15 is 0 Å². The minimum Gasteiger partial charge on any atom is -0.480 e. The quantitative estimate of drug-likeness (QED) is 0.855. The van der Waals surface area contributed by atoms with E-state index in [2.05, 4.69) is 15.9 Å². The first-order valence-electron chi connectivity index (χ1n) is 4.98. The minimum atomic E-state index is -4.01. The molecule has 0 amide bonds. The number of hydrogen-bond acceptors (Lipinski definition) is 3. The van der Waals surface area contributed by atoms with Gasteiger partial charge in [0.25, 0.3) is 0 Å². The molecule has 2 N–H and O–H groups in total. The van der Waals surface area contributed by atoms with Gasteiger partial charge in [-0.15, -0.1) is 0 Å². The van der Waals surface area contributed by atoms with E-state index in [0.717, 1.165) is 18.2 Å². The highest BCUT2D eigenvalue weighted by Crippen LogP contribution is 2.23. The molecule has 0 saturated carbocycles. The molecule has 0 unspecified atom stereocenters. The number of aliphatic carboxylic acids is 1. The highest BCUT2D eigenvalue weighted by molar-refractivity contribution is 9.10. The number of benzene rings is 1. The maximum absolute atomic E-state index is 12.9. The zero-order valence-electron chi connectivity index (χ0n) is 9.35. The van der Waals surface area contributed by atoms with Crippen molar-refractivity contribution in [1.29, 1.82) is 0 Å². The first-order valence-corrected chi connectivity index (χ1v) is 7.25. The lowest BCUT2D eigenvalue weighted by atomic mass is 10.2. The Morgan fingerprint density at radius 1 is 1.56 bits per heavy atom. The van der Waals surface area contributed by atoms with Gasteiger partial charge in [-0.2, -0.15) is 4.72 Å². The minimum absolute atomic E-state index is 0.0373. The van der Waals surface area contributed by atoms with Crippen LogP contribution in [-0.4, -0.2) is 25.5 Å². The Morgan fingerprint density at radius 2 is 2.17 bits per heavy atom. The van der Waals surface area contributed by atoms with Gasteiger partial charge in [-0.25, -0.2) is 12.8 Å². The molecular weight excluding hydrogens is 329 g/mol. The summed E-state index contributed by atoms with van der Waals surface area (Å²) in [5.74, 6) is -1.86. The van der Waals surface area contributed by atoms with Crippen LogP contribution in [0.1, 0.15) is 13.3 Å². The summed E-state index contributed by atoms with van der Waals surface area (Å²) in [6, 6.07) is 1.83. The van der Waals surface area contributed by atoms with Crippen LogP contribution in [0.25, 0.3) is 0 Å². The van der Waals surface area contributed by atoms with Gasteiger partial charge in [0, 0.05) is 4.47 Å². The summed E-state index contributed by atoms with van der Waals surface area (Å²) in [7, 11) is -4.01. The van der Waals surface area contributed by atoms with Gasteiger partial charge >= 0.3 is 5.97 Å². The van der Waals surface area contributed by atoms with Crippen molar-refractivity contribution in [3.05, 3.63) is 28.5 Å². The van der Waals surface area contributed by atoms with Gasteiger partial charge in [0.2, 0.25) is 10.0 Å². The van der Waals surface area contributed by atoms with E-state index in [4.69, 9.17) is 5.11 Å². The Kier molecular flexibility index (Phi) is 4.83. The molecule has 0 spiro atoms. The molecule has 0 aliphatic carbocycles. The molecule has 0 fully saturated rings. The van der Waals surface area contributed by atoms with Crippen LogP contribution in [0.3, 0.4) is 0 Å². The number of carbonyl (C=O) groups is 1. The van der Waals surface area contributed by atoms with E-state index in [-0.39, 0.29) is 15.8 Å². The van der Waals surface area contributed by atoms with Crippen LogP contribution in [0.5, 0.6) is 0 Å². The smallest absolute Gasteiger partial charge is 0.321 e. The van der Waals surface area contributed by atoms with Crippen molar-refractivity contribution in [3.8, 4) is 0 Å². The molecule has 1 aromatic rings. The summed E-state index contributed by atoms with van der Waals surface area (Å²) in [4.78, 5) is 10.6. The summed E-state index contributed by atoms with van der Waals surface area (Å²) in [5.41, 5.74) is 0. The third-order valence-corrected chi connectivity index (χ3v) is 4.64. The van der Waals surface area contributed by atoms with Crippen molar-refractivity contribution in [2.45, 2.75) is 24.3 Å². The predicted molar refractivity (Wildman–Crippen MR) is 66.1 cm³/mol. The molecule has 8 heteroatoms. The second kappa shape index (κ2) is 5.77.